The van der Waals surface area contributed by atoms with Crippen LogP contribution in [0.1, 0.15) is 17.5 Å². The molecule has 0 heterocycles. The first-order valence-corrected chi connectivity index (χ1v) is 8.49. The lowest BCUT2D eigenvalue weighted by molar-refractivity contribution is 0.588. The summed E-state index contributed by atoms with van der Waals surface area (Å²) in [5.74, 6) is 0.974. The molecule has 3 heteroatoms. The van der Waals surface area contributed by atoms with Gasteiger partial charge in [0.2, 0.25) is 0 Å². The van der Waals surface area contributed by atoms with E-state index in [-0.39, 0.29) is 6.04 Å². The summed E-state index contributed by atoms with van der Waals surface area (Å²) < 4.78 is 0. The fraction of sp³-hybridized carbons (Fsp3) is 0.333. The number of benzene rings is 2. The molecule has 2 unspecified atom stereocenters. The number of nitrogens with two attached hydrogens (primary N) is 2. The molecule has 2 atom stereocenters. The van der Waals surface area contributed by atoms with Gasteiger partial charge in [0, 0.05) is 23.6 Å². The minimum atomic E-state index is 0.143. The van der Waals surface area contributed by atoms with Gasteiger partial charge in [-0.3, -0.25) is 0 Å². The van der Waals surface area contributed by atoms with E-state index in [0.29, 0.717) is 11.8 Å². The molecule has 4 N–H and O–H groups in total. The van der Waals surface area contributed by atoms with Crippen molar-refractivity contribution in [2.45, 2.75) is 29.9 Å². The summed E-state index contributed by atoms with van der Waals surface area (Å²) in [5.41, 5.74) is 14.9. The van der Waals surface area contributed by atoms with Crippen LogP contribution in [0.4, 0.5) is 0 Å². The summed E-state index contributed by atoms with van der Waals surface area (Å²) in [7, 11) is 0. The van der Waals surface area contributed by atoms with Gasteiger partial charge < -0.3 is 11.5 Å². The van der Waals surface area contributed by atoms with Crippen LogP contribution in [0.2, 0.25) is 0 Å². The van der Waals surface area contributed by atoms with Crippen molar-refractivity contribution in [3.63, 3.8) is 0 Å². The molecule has 0 spiro atoms. The highest BCUT2D eigenvalue weighted by molar-refractivity contribution is 7.99. The molecule has 0 aromatic heterocycles. The van der Waals surface area contributed by atoms with Crippen LogP contribution in [0.25, 0.3) is 0 Å². The average molecular weight is 300 g/mol. The quantitative estimate of drug-likeness (QED) is 0.787. The molecule has 0 radical (unpaired) electrons. The van der Waals surface area contributed by atoms with Crippen LogP contribution in [0, 0.1) is 0 Å². The molecule has 0 aliphatic rings. The van der Waals surface area contributed by atoms with Crippen LogP contribution in [-0.4, -0.2) is 17.8 Å². The van der Waals surface area contributed by atoms with Crippen molar-refractivity contribution in [2.75, 3.05) is 6.54 Å². The Labute approximate surface area is 131 Å². The van der Waals surface area contributed by atoms with E-state index in [9.17, 15) is 0 Å². The van der Waals surface area contributed by atoms with Gasteiger partial charge in [-0.1, -0.05) is 60.7 Å². The minimum Gasteiger partial charge on any atom is -0.329 e. The highest BCUT2D eigenvalue weighted by Crippen LogP contribution is 2.21. The largest absolute Gasteiger partial charge is 0.329 e. The SMILES string of the molecule is NCC(SCc1ccccc1)C(N)CCc1ccccc1. The lowest BCUT2D eigenvalue weighted by atomic mass is 10.0. The lowest BCUT2D eigenvalue weighted by Gasteiger charge is -2.22. The van der Waals surface area contributed by atoms with Gasteiger partial charge in [0.05, 0.1) is 0 Å². The molecular formula is C18H24N2S. The molecule has 0 saturated carbocycles. The highest BCUT2D eigenvalue weighted by atomic mass is 32.2. The van der Waals surface area contributed by atoms with Gasteiger partial charge in [0.25, 0.3) is 0 Å². The number of thioether (sulfide) groups is 1. The van der Waals surface area contributed by atoms with Crippen molar-refractivity contribution in [1.29, 1.82) is 0 Å². The Kier molecular flexibility index (Phi) is 6.80. The first-order valence-electron chi connectivity index (χ1n) is 7.44. The van der Waals surface area contributed by atoms with E-state index in [1.54, 1.807) is 0 Å². The molecule has 0 fully saturated rings. The first kappa shape index (κ1) is 16.1. The maximum atomic E-state index is 6.34. The zero-order chi connectivity index (χ0) is 14.9. The van der Waals surface area contributed by atoms with E-state index in [1.807, 2.05) is 23.9 Å². The Hall–Kier alpha value is -1.29. The van der Waals surface area contributed by atoms with E-state index >= 15 is 0 Å². The maximum Gasteiger partial charge on any atom is 0.0324 e. The fourth-order valence-corrected chi connectivity index (χ4v) is 3.43. The van der Waals surface area contributed by atoms with Gasteiger partial charge in [-0.15, -0.1) is 0 Å². The lowest BCUT2D eigenvalue weighted by Crippen LogP contribution is -2.38. The van der Waals surface area contributed by atoms with Gasteiger partial charge in [0.15, 0.2) is 0 Å². The summed E-state index contributed by atoms with van der Waals surface area (Å²) in [6.45, 7) is 0.632. The van der Waals surface area contributed by atoms with E-state index in [1.165, 1.54) is 11.1 Å². The molecule has 0 aliphatic carbocycles. The van der Waals surface area contributed by atoms with Gasteiger partial charge in [-0.25, -0.2) is 0 Å². The Morgan fingerprint density at radius 3 is 2.00 bits per heavy atom. The molecule has 0 amide bonds. The third-order valence-electron chi connectivity index (χ3n) is 3.63. The van der Waals surface area contributed by atoms with E-state index in [0.717, 1.165) is 18.6 Å². The van der Waals surface area contributed by atoms with Crippen molar-refractivity contribution in [3.8, 4) is 0 Å². The summed E-state index contributed by atoms with van der Waals surface area (Å²) >= 11 is 1.87. The van der Waals surface area contributed by atoms with Crippen LogP contribution in [0.15, 0.2) is 60.7 Å². The Bertz CT molecular complexity index is 501. The molecule has 0 saturated heterocycles. The van der Waals surface area contributed by atoms with Crippen LogP contribution >= 0.6 is 11.8 Å². The first-order chi connectivity index (χ1) is 10.3. The van der Waals surface area contributed by atoms with Crippen LogP contribution < -0.4 is 11.5 Å². The average Bonchev–Trinajstić information content (AvgIpc) is 2.55. The molecular weight excluding hydrogens is 276 g/mol. The molecule has 2 aromatic rings. The molecule has 112 valence electrons. The standard InChI is InChI=1S/C18H24N2S/c19-13-18(21-14-16-9-5-2-6-10-16)17(20)12-11-15-7-3-1-4-8-15/h1-10,17-18H,11-14,19-20H2. The van der Waals surface area contributed by atoms with Gasteiger partial charge in [-0.2, -0.15) is 11.8 Å². The molecule has 2 nitrogen and oxygen atoms in total. The highest BCUT2D eigenvalue weighted by Gasteiger charge is 2.16. The van der Waals surface area contributed by atoms with Crippen molar-refractivity contribution >= 4 is 11.8 Å². The summed E-state index contributed by atoms with van der Waals surface area (Å²) in [4.78, 5) is 0. The third-order valence-corrected chi connectivity index (χ3v) is 5.10. The second kappa shape index (κ2) is 8.88. The number of hydrogen-bond acceptors (Lipinski definition) is 3. The van der Waals surface area contributed by atoms with Gasteiger partial charge >= 0.3 is 0 Å². The molecule has 21 heavy (non-hydrogen) atoms. The number of hydrogen-bond donors (Lipinski definition) is 2. The Morgan fingerprint density at radius 1 is 0.857 bits per heavy atom. The Balaban J connectivity index is 1.79. The van der Waals surface area contributed by atoms with Crippen molar-refractivity contribution in [1.82, 2.24) is 0 Å². The number of rotatable bonds is 8. The molecule has 2 aromatic carbocycles. The Morgan fingerprint density at radius 2 is 1.43 bits per heavy atom. The van der Waals surface area contributed by atoms with E-state index in [2.05, 4.69) is 48.5 Å². The fourth-order valence-electron chi connectivity index (χ4n) is 2.31. The van der Waals surface area contributed by atoms with Crippen LogP contribution in [0.3, 0.4) is 0 Å². The summed E-state index contributed by atoms with van der Waals surface area (Å²) in [5, 5.41) is 0.314. The second-order valence-electron chi connectivity index (χ2n) is 5.26. The zero-order valence-corrected chi connectivity index (χ0v) is 13.1. The van der Waals surface area contributed by atoms with Crippen molar-refractivity contribution < 1.29 is 0 Å². The zero-order valence-electron chi connectivity index (χ0n) is 12.3. The topological polar surface area (TPSA) is 52.0 Å². The van der Waals surface area contributed by atoms with E-state index in [4.69, 9.17) is 11.5 Å². The minimum absolute atomic E-state index is 0.143. The summed E-state index contributed by atoms with van der Waals surface area (Å²) in [6, 6.07) is 21.1. The van der Waals surface area contributed by atoms with Gasteiger partial charge in [-0.05, 0) is 24.0 Å². The molecule has 2 rings (SSSR count). The van der Waals surface area contributed by atoms with E-state index < -0.39 is 0 Å². The normalized spacial score (nSPS) is 13.8. The molecule has 0 bridgehead atoms. The summed E-state index contributed by atoms with van der Waals surface area (Å²) in [6.07, 6.45) is 2.00. The maximum absolute atomic E-state index is 6.34. The van der Waals surface area contributed by atoms with Gasteiger partial charge in [0.1, 0.15) is 0 Å². The van der Waals surface area contributed by atoms with Crippen LogP contribution in [-0.2, 0) is 12.2 Å². The third kappa shape index (κ3) is 5.54. The number of aryl methyl sites for hydroxylation is 1. The predicted octanol–water partition coefficient (Wildman–Crippen LogP) is 3.21. The van der Waals surface area contributed by atoms with Crippen molar-refractivity contribution in [2.24, 2.45) is 11.5 Å². The second-order valence-corrected chi connectivity index (χ2v) is 6.49. The molecule has 0 aliphatic heterocycles. The van der Waals surface area contributed by atoms with Crippen LogP contribution in [0.5, 0.6) is 0 Å². The predicted molar refractivity (Wildman–Crippen MR) is 93.3 cm³/mol. The van der Waals surface area contributed by atoms with Crippen molar-refractivity contribution in [3.05, 3.63) is 71.8 Å². The monoisotopic (exact) mass is 300 g/mol. The smallest absolute Gasteiger partial charge is 0.0324 e.